The number of thiophene rings is 1. The fourth-order valence-corrected chi connectivity index (χ4v) is 3.03. The van der Waals surface area contributed by atoms with Gasteiger partial charge in [-0.05, 0) is 13.0 Å². The fourth-order valence-electron chi connectivity index (χ4n) is 1.64. The lowest BCUT2D eigenvalue weighted by molar-refractivity contribution is -0.127. The number of halogens is 1. The molecule has 0 aliphatic rings. The van der Waals surface area contributed by atoms with Crippen molar-refractivity contribution in [2.45, 2.75) is 13.0 Å². The third-order valence-corrected chi connectivity index (χ3v) is 4.28. The van der Waals surface area contributed by atoms with Crippen LogP contribution in [0.1, 0.15) is 16.6 Å². The summed E-state index contributed by atoms with van der Waals surface area (Å²) in [5, 5.41) is 2.86. The van der Waals surface area contributed by atoms with E-state index in [4.69, 9.17) is 22.1 Å². The van der Waals surface area contributed by atoms with Gasteiger partial charge in [0.05, 0.1) is 5.02 Å². The number of esters is 1. The summed E-state index contributed by atoms with van der Waals surface area (Å²) < 4.78 is 5.81. The Kier molecular flexibility index (Phi) is 4.44. The molecule has 3 N–H and O–H groups in total. The number of primary amides is 1. The van der Waals surface area contributed by atoms with Gasteiger partial charge in [0.15, 0.2) is 6.10 Å². The van der Waals surface area contributed by atoms with Crippen LogP contribution in [0.3, 0.4) is 0 Å². The highest BCUT2D eigenvalue weighted by atomic mass is 35.5. The van der Waals surface area contributed by atoms with E-state index in [1.165, 1.54) is 18.3 Å². The predicted molar refractivity (Wildman–Crippen MR) is 79.4 cm³/mol. The molecule has 0 aliphatic heterocycles. The van der Waals surface area contributed by atoms with Crippen molar-refractivity contribution >= 4 is 50.9 Å². The molecule has 0 saturated heterocycles. The van der Waals surface area contributed by atoms with Crippen LogP contribution in [-0.2, 0) is 9.53 Å². The van der Waals surface area contributed by atoms with E-state index in [1.807, 2.05) is 17.4 Å². The summed E-state index contributed by atoms with van der Waals surface area (Å²) in [4.78, 5) is 34.3. The normalized spacial score (nSPS) is 11.9. The molecular weight excluding hydrogens is 316 g/mol. The highest BCUT2D eigenvalue weighted by Crippen LogP contribution is 2.35. The molecule has 1 aromatic carbocycles. The number of imide groups is 1. The van der Waals surface area contributed by atoms with E-state index in [-0.39, 0.29) is 9.90 Å². The standard InChI is InChI=1S/C13H11ClN2O4S/c1-6(11(17)16-13(15)19)20-12(18)10-9(14)7-4-2-3-5-8(7)21-10/h2-6H,1H3,(H3,15,16,17,19). The molecule has 21 heavy (non-hydrogen) atoms. The van der Waals surface area contributed by atoms with Gasteiger partial charge in [-0.25, -0.2) is 9.59 Å². The molecule has 1 heterocycles. The monoisotopic (exact) mass is 326 g/mol. The SMILES string of the molecule is CC(OC(=O)c1sc2ccccc2c1Cl)C(=O)NC(N)=O. The summed E-state index contributed by atoms with van der Waals surface area (Å²) in [6.07, 6.45) is -1.16. The van der Waals surface area contributed by atoms with Crippen LogP contribution in [0.15, 0.2) is 24.3 Å². The minimum Gasteiger partial charge on any atom is -0.448 e. The Morgan fingerprint density at radius 3 is 2.62 bits per heavy atom. The number of benzene rings is 1. The van der Waals surface area contributed by atoms with Crippen LogP contribution in [0, 0.1) is 0 Å². The van der Waals surface area contributed by atoms with Crippen molar-refractivity contribution in [2.75, 3.05) is 0 Å². The van der Waals surface area contributed by atoms with Gasteiger partial charge >= 0.3 is 12.0 Å². The van der Waals surface area contributed by atoms with Crippen LogP contribution in [0.4, 0.5) is 4.79 Å². The van der Waals surface area contributed by atoms with Gasteiger partial charge in [-0.15, -0.1) is 11.3 Å². The topological polar surface area (TPSA) is 98.5 Å². The average molecular weight is 327 g/mol. The third kappa shape index (κ3) is 3.32. The van der Waals surface area contributed by atoms with Gasteiger partial charge in [-0.3, -0.25) is 10.1 Å². The van der Waals surface area contributed by atoms with E-state index in [2.05, 4.69) is 0 Å². The lowest BCUT2D eigenvalue weighted by atomic mass is 10.2. The Labute approximate surface area is 128 Å². The number of carbonyl (C=O) groups excluding carboxylic acids is 3. The summed E-state index contributed by atoms with van der Waals surface area (Å²) >= 11 is 7.30. The lowest BCUT2D eigenvalue weighted by Crippen LogP contribution is -2.42. The number of ether oxygens (including phenoxy) is 1. The smallest absolute Gasteiger partial charge is 0.350 e. The van der Waals surface area contributed by atoms with Crippen LogP contribution in [-0.4, -0.2) is 24.0 Å². The zero-order valence-electron chi connectivity index (χ0n) is 10.9. The second-order valence-corrected chi connectivity index (χ2v) is 5.57. The molecular formula is C13H11ClN2O4S. The molecule has 0 aliphatic carbocycles. The number of nitrogens with two attached hydrogens (primary N) is 1. The molecule has 8 heteroatoms. The lowest BCUT2D eigenvalue weighted by Gasteiger charge is -2.11. The maximum absolute atomic E-state index is 12.0. The van der Waals surface area contributed by atoms with Crippen molar-refractivity contribution in [3.05, 3.63) is 34.2 Å². The fraction of sp³-hybridized carbons (Fsp3) is 0.154. The van der Waals surface area contributed by atoms with Gasteiger partial charge in [0.2, 0.25) is 0 Å². The van der Waals surface area contributed by atoms with Crippen LogP contribution < -0.4 is 11.1 Å². The van der Waals surface area contributed by atoms with Crippen LogP contribution in [0.2, 0.25) is 5.02 Å². The first-order valence-corrected chi connectivity index (χ1v) is 7.08. The summed E-state index contributed by atoms with van der Waals surface area (Å²) in [6, 6.07) is 6.23. The van der Waals surface area contributed by atoms with E-state index in [0.29, 0.717) is 0 Å². The Balaban J connectivity index is 2.17. The van der Waals surface area contributed by atoms with Gasteiger partial charge in [0, 0.05) is 10.1 Å². The highest BCUT2D eigenvalue weighted by molar-refractivity contribution is 7.21. The summed E-state index contributed by atoms with van der Waals surface area (Å²) in [5.74, 6) is -1.53. The Bertz CT molecular complexity index is 728. The maximum atomic E-state index is 12.0. The number of urea groups is 1. The second-order valence-electron chi connectivity index (χ2n) is 4.14. The Morgan fingerprint density at radius 1 is 1.33 bits per heavy atom. The van der Waals surface area contributed by atoms with Crippen molar-refractivity contribution < 1.29 is 19.1 Å². The van der Waals surface area contributed by atoms with E-state index in [9.17, 15) is 14.4 Å². The molecule has 1 atom stereocenters. The van der Waals surface area contributed by atoms with E-state index >= 15 is 0 Å². The van der Waals surface area contributed by atoms with Crippen molar-refractivity contribution in [3.63, 3.8) is 0 Å². The van der Waals surface area contributed by atoms with Crippen LogP contribution in [0.25, 0.3) is 10.1 Å². The number of hydrogen-bond acceptors (Lipinski definition) is 5. The molecule has 6 nitrogen and oxygen atoms in total. The van der Waals surface area contributed by atoms with Crippen LogP contribution >= 0.6 is 22.9 Å². The number of rotatable bonds is 3. The summed E-state index contributed by atoms with van der Waals surface area (Å²) in [5.41, 5.74) is 4.82. The summed E-state index contributed by atoms with van der Waals surface area (Å²) in [7, 11) is 0. The second kappa shape index (κ2) is 6.11. The minimum atomic E-state index is -1.16. The molecule has 0 radical (unpaired) electrons. The Morgan fingerprint density at radius 2 is 2.00 bits per heavy atom. The molecule has 1 unspecified atom stereocenters. The van der Waals surface area contributed by atoms with E-state index in [0.717, 1.165) is 10.1 Å². The van der Waals surface area contributed by atoms with Crippen molar-refractivity contribution in [2.24, 2.45) is 5.73 Å². The molecule has 3 amide bonds. The van der Waals surface area contributed by atoms with Crippen LogP contribution in [0.5, 0.6) is 0 Å². The zero-order chi connectivity index (χ0) is 15.6. The molecule has 2 rings (SSSR count). The quantitative estimate of drug-likeness (QED) is 0.845. The van der Waals surface area contributed by atoms with Gasteiger partial charge in [-0.1, -0.05) is 29.8 Å². The van der Waals surface area contributed by atoms with E-state index < -0.39 is 24.0 Å². The molecule has 0 saturated carbocycles. The number of amides is 3. The predicted octanol–water partition coefficient (Wildman–Crippen LogP) is 2.29. The average Bonchev–Trinajstić information content (AvgIpc) is 2.76. The molecule has 2 aromatic rings. The number of carbonyl (C=O) groups is 3. The molecule has 110 valence electrons. The summed E-state index contributed by atoms with van der Waals surface area (Å²) in [6.45, 7) is 1.33. The van der Waals surface area contributed by atoms with E-state index in [1.54, 1.807) is 12.1 Å². The first-order valence-electron chi connectivity index (χ1n) is 5.88. The minimum absolute atomic E-state index is 0.205. The first-order chi connectivity index (χ1) is 9.90. The molecule has 1 aromatic heterocycles. The van der Waals surface area contributed by atoms with Gasteiger partial charge in [0.1, 0.15) is 4.88 Å². The maximum Gasteiger partial charge on any atom is 0.350 e. The van der Waals surface area contributed by atoms with Gasteiger partial charge < -0.3 is 10.5 Å². The number of hydrogen-bond donors (Lipinski definition) is 2. The zero-order valence-corrected chi connectivity index (χ0v) is 12.5. The largest absolute Gasteiger partial charge is 0.448 e. The third-order valence-electron chi connectivity index (χ3n) is 2.62. The number of fused-ring (bicyclic) bond motifs is 1. The van der Waals surface area contributed by atoms with Gasteiger partial charge in [-0.2, -0.15) is 0 Å². The van der Waals surface area contributed by atoms with Gasteiger partial charge in [0.25, 0.3) is 5.91 Å². The molecule has 0 bridgehead atoms. The highest BCUT2D eigenvalue weighted by Gasteiger charge is 2.23. The van der Waals surface area contributed by atoms with Crippen molar-refractivity contribution in [1.29, 1.82) is 0 Å². The van der Waals surface area contributed by atoms with Crippen molar-refractivity contribution in [1.82, 2.24) is 5.32 Å². The first kappa shape index (κ1) is 15.3. The Hall–Kier alpha value is -2.12. The molecule has 0 fully saturated rings. The van der Waals surface area contributed by atoms with Crippen molar-refractivity contribution in [3.8, 4) is 0 Å². The molecule has 0 spiro atoms. The number of nitrogens with one attached hydrogen (secondary N) is 1.